The van der Waals surface area contributed by atoms with Gasteiger partial charge in [-0.2, -0.15) is 0 Å². The van der Waals surface area contributed by atoms with Crippen LogP contribution in [0.2, 0.25) is 0 Å². The first-order valence-electron chi connectivity index (χ1n) is 6.35. The summed E-state index contributed by atoms with van der Waals surface area (Å²) in [4.78, 5) is 0. The van der Waals surface area contributed by atoms with E-state index in [9.17, 15) is 5.11 Å². The van der Waals surface area contributed by atoms with E-state index in [1.165, 1.54) is 16.8 Å². The predicted octanol–water partition coefficient (Wildman–Crippen LogP) is 1.77. The number of aliphatic hydroxyl groups excluding tert-OH is 1. The fourth-order valence-corrected chi connectivity index (χ4v) is 2.71. The van der Waals surface area contributed by atoms with E-state index in [1.54, 1.807) is 0 Å². The summed E-state index contributed by atoms with van der Waals surface area (Å²) in [5.74, 6) is 0. The number of hydrogen-bond acceptors (Lipinski definition) is 2. The van der Waals surface area contributed by atoms with Gasteiger partial charge in [0, 0.05) is 31.9 Å². The number of aromatic nitrogens is 1. The van der Waals surface area contributed by atoms with E-state index in [-0.39, 0.29) is 12.1 Å². The Kier molecular flexibility index (Phi) is 2.94. The van der Waals surface area contributed by atoms with Crippen molar-refractivity contribution in [1.82, 2.24) is 9.88 Å². The van der Waals surface area contributed by atoms with Crippen molar-refractivity contribution in [2.75, 3.05) is 0 Å². The number of nitrogens with zero attached hydrogens (tertiary/aromatic N) is 1. The van der Waals surface area contributed by atoms with Crippen LogP contribution in [0.25, 0.3) is 0 Å². The Balaban J connectivity index is 1.75. The molecule has 2 atom stereocenters. The van der Waals surface area contributed by atoms with Crippen LogP contribution in [0.15, 0.2) is 42.6 Å². The smallest absolute Gasteiger partial charge is 0.0775 e. The van der Waals surface area contributed by atoms with Crippen molar-refractivity contribution in [3.63, 3.8) is 0 Å². The highest BCUT2D eigenvalue weighted by molar-refractivity contribution is 5.36. The molecule has 94 valence electrons. The maximum atomic E-state index is 10.1. The molecule has 0 aliphatic heterocycles. The molecule has 0 saturated carbocycles. The summed E-state index contributed by atoms with van der Waals surface area (Å²) in [5, 5.41) is 13.6. The molecule has 0 fully saturated rings. The van der Waals surface area contributed by atoms with E-state index >= 15 is 0 Å². The normalized spacial score (nSPS) is 22.1. The largest absolute Gasteiger partial charge is 0.391 e. The minimum absolute atomic E-state index is 0.0519. The van der Waals surface area contributed by atoms with E-state index in [4.69, 9.17) is 0 Å². The van der Waals surface area contributed by atoms with Crippen molar-refractivity contribution >= 4 is 0 Å². The maximum Gasteiger partial charge on any atom is 0.0775 e. The fourth-order valence-electron chi connectivity index (χ4n) is 2.71. The first-order chi connectivity index (χ1) is 8.75. The minimum atomic E-state index is -0.317. The first kappa shape index (κ1) is 11.5. The Hall–Kier alpha value is -1.58. The third-order valence-electron chi connectivity index (χ3n) is 3.76. The molecular formula is C15H18N2O. The minimum Gasteiger partial charge on any atom is -0.391 e. The van der Waals surface area contributed by atoms with Crippen LogP contribution >= 0.6 is 0 Å². The van der Waals surface area contributed by atoms with Crippen molar-refractivity contribution in [2.24, 2.45) is 7.05 Å². The van der Waals surface area contributed by atoms with Crippen LogP contribution in [-0.4, -0.2) is 15.8 Å². The zero-order chi connectivity index (χ0) is 12.5. The topological polar surface area (TPSA) is 37.2 Å². The second-order valence-corrected chi connectivity index (χ2v) is 4.94. The van der Waals surface area contributed by atoms with Crippen molar-refractivity contribution in [3.05, 3.63) is 59.4 Å². The second-order valence-electron chi connectivity index (χ2n) is 4.94. The van der Waals surface area contributed by atoms with Gasteiger partial charge in [-0.3, -0.25) is 0 Å². The van der Waals surface area contributed by atoms with E-state index in [2.05, 4.69) is 28.1 Å². The Bertz CT molecular complexity index is 547. The highest BCUT2D eigenvalue weighted by Gasteiger charge is 2.30. The van der Waals surface area contributed by atoms with Crippen LogP contribution < -0.4 is 5.32 Å². The number of aryl methyl sites for hydroxylation is 1. The lowest BCUT2D eigenvalue weighted by Crippen LogP contribution is -2.28. The molecule has 2 aromatic rings. The SMILES string of the molecule is Cn1cccc1CNC1c2ccccc2CC1O. The molecule has 1 aliphatic rings. The standard InChI is InChI=1S/C15H18N2O/c1-17-8-4-6-12(17)10-16-15-13-7-3-2-5-11(13)9-14(15)18/h2-8,14-16,18H,9-10H2,1H3. The van der Waals surface area contributed by atoms with Crippen LogP contribution in [0.5, 0.6) is 0 Å². The van der Waals surface area contributed by atoms with Crippen LogP contribution in [0.1, 0.15) is 22.9 Å². The van der Waals surface area contributed by atoms with Crippen LogP contribution in [0, 0.1) is 0 Å². The van der Waals surface area contributed by atoms with Crippen LogP contribution in [0.3, 0.4) is 0 Å². The van der Waals surface area contributed by atoms with E-state index in [1.807, 2.05) is 31.4 Å². The molecule has 0 amide bonds. The summed E-state index contributed by atoms with van der Waals surface area (Å²) in [6.07, 6.45) is 2.47. The monoisotopic (exact) mass is 242 g/mol. The number of aliphatic hydroxyl groups is 1. The molecule has 0 spiro atoms. The molecule has 0 radical (unpaired) electrons. The molecule has 1 heterocycles. The van der Waals surface area contributed by atoms with Gasteiger partial charge >= 0.3 is 0 Å². The van der Waals surface area contributed by atoms with Crippen molar-refractivity contribution in [1.29, 1.82) is 0 Å². The Morgan fingerprint density at radius 2 is 2.11 bits per heavy atom. The molecule has 3 nitrogen and oxygen atoms in total. The molecule has 1 aromatic carbocycles. The van der Waals surface area contributed by atoms with Crippen molar-refractivity contribution in [2.45, 2.75) is 25.1 Å². The van der Waals surface area contributed by atoms with Gasteiger partial charge in [0.15, 0.2) is 0 Å². The first-order valence-corrected chi connectivity index (χ1v) is 6.35. The molecule has 0 bridgehead atoms. The average Bonchev–Trinajstić information content (AvgIpc) is 2.90. The van der Waals surface area contributed by atoms with Gasteiger partial charge in [0.2, 0.25) is 0 Å². The molecule has 0 saturated heterocycles. The molecule has 3 heteroatoms. The number of nitrogens with one attached hydrogen (secondary N) is 1. The lowest BCUT2D eigenvalue weighted by atomic mass is 10.1. The van der Waals surface area contributed by atoms with Gasteiger partial charge in [0.05, 0.1) is 12.1 Å². The molecule has 18 heavy (non-hydrogen) atoms. The molecule has 3 rings (SSSR count). The third kappa shape index (κ3) is 1.96. The Morgan fingerprint density at radius 1 is 1.28 bits per heavy atom. The van der Waals surface area contributed by atoms with Gasteiger partial charge in [-0.25, -0.2) is 0 Å². The molecular weight excluding hydrogens is 224 g/mol. The maximum absolute atomic E-state index is 10.1. The quantitative estimate of drug-likeness (QED) is 0.860. The molecule has 1 aromatic heterocycles. The molecule has 2 unspecified atom stereocenters. The highest BCUT2D eigenvalue weighted by Crippen LogP contribution is 2.31. The summed E-state index contributed by atoms with van der Waals surface area (Å²) in [6.45, 7) is 0.777. The zero-order valence-corrected chi connectivity index (χ0v) is 10.5. The van der Waals surface area contributed by atoms with Crippen molar-refractivity contribution < 1.29 is 5.11 Å². The third-order valence-corrected chi connectivity index (χ3v) is 3.76. The number of benzene rings is 1. The average molecular weight is 242 g/mol. The zero-order valence-electron chi connectivity index (χ0n) is 10.5. The lowest BCUT2D eigenvalue weighted by molar-refractivity contribution is 0.140. The fraction of sp³-hybridized carbons (Fsp3) is 0.333. The summed E-state index contributed by atoms with van der Waals surface area (Å²) < 4.78 is 2.10. The van der Waals surface area contributed by atoms with Gasteiger partial charge in [0.1, 0.15) is 0 Å². The van der Waals surface area contributed by atoms with Gasteiger partial charge < -0.3 is 15.0 Å². The Labute approximate surface area is 107 Å². The number of fused-ring (bicyclic) bond motifs is 1. The summed E-state index contributed by atoms with van der Waals surface area (Å²) in [6, 6.07) is 12.5. The number of rotatable bonds is 3. The summed E-state index contributed by atoms with van der Waals surface area (Å²) in [7, 11) is 2.04. The van der Waals surface area contributed by atoms with E-state index < -0.39 is 0 Å². The van der Waals surface area contributed by atoms with E-state index in [0.29, 0.717) is 0 Å². The molecule has 1 aliphatic carbocycles. The highest BCUT2D eigenvalue weighted by atomic mass is 16.3. The van der Waals surface area contributed by atoms with Crippen molar-refractivity contribution in [3.8, 4) is 0 Å². The van der Waals surface area contributed by atoms with Crippen LogP contribution in [0.4, 0.5) is 0 Å². The van der Waals surface area contributed by atoms with Gasteiger partial charge in [-0.1, -0.05) is 24.3 Å². The lowest BCUT2D eigenvalue weighted by Gasteiger charge is -2.18. The van der Waals surface area contributed by atoms with Crippen LogP contribution in [-0.2, 0) is 20.0 Å². The van der Waals surface area contributed by atoms with Gasteiger partial charge in [-0.15, -0.1) is 0 Å². The second kappa shape index (κ2) is 4.59. The summed E-state index contributed by atoms with van der Waals surface area (Å²) >= 11 is 0. The van der Waals surface area contributed by atoms with Gasteiger partial charge in [0.25, 0.3) is 0 Å². The number of hydrogen-bond donors (Lipinski definition) is 2. The van der Waals surface area contributed by atoms with Gasteiger partial charge in [-0.05, 0) is 23.3 Å². The molecule has 2 N–H and O–H groups in total. The van der Waals surface area contributed by atoms with E-state index in [0.717, 1.165) is 13.0 Å². The Morgan fingerprint density at radius 3 is 2.89 bits per heavy atom. The summed E-state index contributed by atoms with van der Waals surface area (Å²) in [5.41, 5.74) is 3.72. The predicted molar refractivity (Wildman–Crippen MR) is 71.1 cm³/mol.